The van der Waals surface area contributed by atoms with Crippen LogP contribution in [-0.2, 0) is 0 Å². The van der Waals surface area contributed by atoms with E-state index in [0.29, 0.717) is 0 Å². The summed E-state index contributed by atoms with van der Waals surface area (Å²) in [6.07, 6.45) is 2.91. The lowest BCUT2D eigenvalue weighted by molar-refractivity contribution is 0.288. The molecule has 0 spiro atoms. The van der Waals surface area contributed by atoms with E-state index < -0.39 is 0 Å². The first-order chi connectivity index (χ1) is 6.84. The van der Waals surface area contributed by atoms with Gasteiger partial charge >= 0.3 is 0 Å². The molecule has 76 valence electrons. The second-order valence-corrected chi connectivity index (χ2v) is 4.60. The lowest BCUT2D eigenvalue weighted by Gasteiger charge is -2.04. The molecular weight excluding hydrogens is 291 g/mol. The molecule has 1 saturated heterocycles. The van der Waals surface area contributed by atoms with E-state index in [2.05, 4.69) is 32.5 Å². The third kappa shape index (κ3) is 3.42. The number of nitrogens with zero attached hydrogens (tertiary/aromatic N) is 2. The van der Waals surface area contributed by atoms with Crippen molar-refractivity contribution >= 4 is 22.6 Å². The van der Waals surface area contributed by atoms with Crippen LogP contribution in [0.4, 0.5) is 0 Å². The van der Waals surface area contributed by atoms with Crippen molar-refractivity contribution < 1.29 is 4.74 Å². The predicted octanol–water partition coefficient (Wildman–Crippen LogP) is 1.77. The number of hydrogen-bond donors (Lipinski definition) is 0. The fourth-order valence-corrected chi connectivity index (χ4v) is 1.53. The summed E-state index contributed by atoms with van der Waals surface area (Å²) in [5.74, 6) is 0.733. The molecule has 0 N–H and O–H groups in total. The normalized spacial score (nSPS) is 15.5. The second kappa shape index (κ2) is 4.93. The number of ether oxygens (including phenoxy) is 1. The summed E-state index contributed by atoms with van der Waals surface area (Å²) in [6, 6.07) is 3.92. The van der Waals surface area contributed by atoms with Crippen LogP contribution in [0.1, 0.15) is 6.42 Å². The van der Waals surface area contributed by atoms with Crippen molar-refractivity contribution in [3.8, 4) is 5.88 Å². The number of hydrogen-bond acceptors (Lipinski definition) is 3. The van der Waals surface area contributed by atoms with Gasteiger partial charge in [-0.3, -0.25) is 0 Å². The number of halogens is 1. The summed E-state index contributed by atoms with van der Waals surface area (Å²) >= 11 is 2.23. The van der Waals surface area contributed by atoms with E-state index in [1.54, 1.807) is 0 Å². The fraction of sp³-hybridized carbons (Fsp3) is 0.500. The van der Waals surface area contributed by atoms with Crippen molar-refractivity contribution in [1.29, 1.82) is 0 Å². The Labute approximate surface area is 97.6 Å². The maximum Gasteiger partial charge on any atom is 0.213 e. The van der Waals surface area contributed by atoms with Gasteiger partial charge in [0, 0.05) is 35.5 Å². The standard InChI is InChI=1S/C10H13IN2O/c11-9-2-3-10(12-8-9)14-7-1-4-13-5-6-13/h2-3,8H,1,4-7H2. The first-order valence-corrected chi connectivity index (χ1v) is 5.89. The fourth-order valence-electron chi connectivity index (χ4n) is 1.21. The highest BCUT2D eigenvalue weighted by Crippen LogP contribution is 2.10. The molecular formula is C10H13IN2O. The number of aromatic nitrogens is 1. The molecule has 3 nitrogen and oxygen atoms in total. The first kappa shape index (κ1) is 10.2. The van der Waals surface area contributed by atoms with Crippen molar-refractivity contribution in [1.82, 2.24) is 9.88 Å². The van der Waals surface area contributed by atoms with Crippen LogP contribution in [0.25, 0.3) is 0 Å². The third-order valence-electron chi connectivity index (χ3n) is 2.11. The number of rotatable bonds is 5. The molecule has 1 aromatic heterocycles. The van der Waals surface area contributed by atoms with Crippen LogP contribution in [0.2, 0.25) is 0 Å². The van der Waals surface area contributed by atoms with Crippen LogP contribution in [0.15, 0.2) is 18.3 Å². The minimum absolute atomic E-state index is 0.733. The topological polar surface area (TPSA) is 25.1 Å². The number of pyridine rings is 1. The van der Waals surface area contributed by atoms with E-state index in [1.807, 2.05) is 18.3 Å². The molecule has 4 heteroatoms. The molecule has 0 amide bonds. The van der Waals surface area contributed by atoms with Crippen molar-refractivity contribution in [2.24, 2.45) is 0 Å². The molecule has 1 fully saturated rings. The van der Waals surface area contributed by atoms with Crippen molar-refractivity contribution in [2.45, 2.75) is 6.42 Å². The Morgan fingerprint density at radius 1 is 1.43 bits per heavy atom. The molecule has 14 heavy (non-hydrogen) atoms. The van der Waals surface area contributed by atoms with Gasteiger partial charge in [-0.25, -0.2) is 4.98 Å². The van der Waals surface area contributed by atoms with Gasteiger partial charge < -0.3 is 9.64 Å². The second-order valence-electron chi connectivity index (χ2n) is 3.36. The largest absolute Gasteiger partial charge is 0.478 e. The third-order valence-corrected chi connectivity index (χ3v) is 2.75. The molecule has 0 atom stereocenters. The average Bonchev–Trinajstić information content (AvgIpc) is 2.99. The first-order valence-electron chi connectivity index (χ1n) is 4.81. The van der Waals surface area contributed by atoms with Crippen LogP contribution in [0.3, 0.4) is 0 Å². The average molecular weight is 304 g/mol. The van der Waals surface area contributed by atoms with Gasteiger partial charge in [-0.15, -0.1) is 0 Å². The van der Waals surface area contributed by atoms with Gasteiger partial charge in [0.15, 0.2) is 0 Å². The molecule has 1 aliphatic heterocycles. The summed E-state index contributed by atoms with van der Waals surface area (Å²) in [6.45, 7) is 4.46. The highest BCUT2D eigenvalue weighted by Gasteiger charge is 2.15. The van der Waals surface area contributed by atoms with Gasteiger partial charge in [-0.2, -0.15) is 0 Å². The monoisotopic (exact) mass is 304 g/mol. The van der Waals surface area contributed by atoms with Gasteiger partial charge in [-0.05, 0) is 35.1 Å². The molecule has 0 unspecified atom stereocenters. The van der Waals surface area contributed by atoms with Crippen molar-refractivity contribution in [3.63, 3.8) is 0 Å². The Balaban J connectivity index is 1.66. The quantitative estimate of drug-likeness (QED) is 0.471. The molecule has 1 aliphatic rings. The maximum atomic E-state index is 5.50. The zero-order valence-electron chi connectivity index (χ0n) is 7.95. The zero-order valence-corrected chi connectivity index (χ0v) is 10.1. The van der Waals surface area contributed by atoms with E-state index in [1.165, 1.54) is 13.1 Å². The summed E-state index contributed by atoms with van der Waals surface area (Å²) in [5, 5.41) is 0. The van der Waals surface area contributed by atoms with Crippen LogP contribution in [0.5, 0.6) is 5.88 Å². The van der Waals surface area contributed by atoms with Crippen LogP contribution < -0.4 is 4.74 Å². The lowest BCUT2D eigenvalue weighted by atomic mass is 10.4. The Kier molecular flexibility index (Phi) is 3.58. The minimum Gasteiger partial charge on any atom is -0.478 e. The van der Waals surface area contributed by atoms with Gasteiger partial charge in [0.2, 0.25) is 5.88 Å². The Morgan fingerprint density at radius 2 is 2.29 bits per heavy atom. The van der Waals surface area contributed by atoms with E-state index >= 15 is 0 Å². The summed E-state index contributed by atoms with van der Waals surface area (Å²) in [7, 11) is 0. The predicted molar refractivity (Wildman–Crippen MR) is 63.5 cm³/mol. The van der Waals surface area contributed by atoms with E-state index in [9.17, 15) is 0 Å². The highest BCUT2D eigenvalue weighted by molar-refractivity contribution is 14.1. The molecule has 0 saturated carbocycles. The Hall–Kier alpha value is -0.360. The maximum absolute atomic E-state index is 5.50. The molecule has 0 aliphatic carbocycles. The van der Waals surface area contributed by atoms with E-state index in [-0.39, 0.29) is 0 Å². The smallest absolute Gasteiger partial charge is 0.213 e. The SMILES string of the molecule is Ic1ccc(OCCCN2CC2)nc1. The molecule has 2 rings (SSSR count). The van der Waals surface area contributed by atoms with Crippen LogP contribution in [0, 0.1) is 3.57 Å². The van der Waals surface area contributed by atoms with Crippen LogP contribution >= 0.6 is 22.6 Å². The highest BCUT2D eigenvalue weighted by atomic mass is 127. The minimum atomic E-state index is 0.733. The van der Waals surface area contributed by atoms with E-state index in [4.69, 9.17) is 4.74 Å². The van der Waals surface area contributed by atoms with E-state index in [0.717, 1.165) is 29.0 Å². The molecule has 1 aromatic rings. The Morgan fingerprint density at radius 3 is 2.93 bits per heavy atom. The Bertz CT molecular complexity index is 285. The van der Waals surface area contributed by atoms with Gasteiger partial charge in [-0.1, -0.05) is 0 Å². The van der Waals surface area contributed by atoms with Crippen LogP contribution in [-0.4, -0.2) is 36.1 Å². The summed E-state index contributed by atoms with van der Waals surface area (Å²) in [4.78, 5) is 6.56. The molecule has 2 heterocycles. The van der Waals surface area contributed by atoms with Gasteiger partial charge in [0.25, 0.3) is 0 Å². The summed E-state index contributed by atoms with van der Waals surface area (Å²) < 4.78 is 6.64. The van der Waals surface area contributed by atoms with Crippen molar-refractivity contribution in [3.05, 3.63) is 21.9 Å². The molecule has 0 radical (unpaired) electrons. The van der Waals surface area contributed by atoms with Gasteiger partial charge in [0.05, 0.1) is 6.61 Å². The summed E-state index contributed by atoms with van der Waals surface area (Å²) in [5.41, 5.74) is 0. The lowest BCUT2D eigenvalue weighted by Crippen LogP contribution is -2.06. The molecule has 0 bridgehead atoms. The van der Waals surface area contributed by atoms with Gasteiger partial charge in [0.1, 0.15) is 0 Å². The zero-order chi connectivity index (χ0) is 9.80. The van der Waals surface area contributed by atoms with Crippen molar-refractivity contribution in [2.75, 3.05) is 26.2 Å². The molecule has 0 aromatic carbocycles.